The number of halogens is 2. The van der Waals surface area contributed by atoms with Crippen LogP contribution in [0.2, 0.25) is 10.0 Å². The lowest BCUT2D eigenvalue weighted by Gasteiger charge is -2.17. The lowest BCUT2D eigenvalue weighted by atomic mass is 10.0. The summed E-state index contributed by atoms with van der Waals surface area (Å²) in [7, 11) is 0. The quantitative estimate of drug-likeness (QED) is 0.111. The predicted octanol–water partition coefficient (Wildman–Crippen LogP) is 10.8. The molecule has 7 rings (SSSR count). The molecule has 0 unspecified atom stereocenters. The van der Waals surface area contributed by atoms with E-state index in [0.717, 1.165) is 21.5 Å². The number of carbonyl (C=O) groups excluding carboxylic acids is 2. The Labute approximate surface area is 260 Å². The van der Waals surface area contributed by atoms with Crippen molar-refractivity contribution in [2.45, 2.75) is 0 Å². The monoisotopic (exact) mass is 618 g/mol. The smallest absolute Gasteiger partial charge is 0.394 e. The van der Waals surface area contributed by atoms with Crippen molar-refractivity contribution in [3.63, 3.8) is 0 Å². The van der Waals surface area contributed by atoms with Gasteiger partial charge in [-0.05, 0) is 35.0 Å². The minimum absolute atomic E-state index is 0.122. The minimum atomic E-state index is -0.970. The van der Waals surface area contributed by atoms with Crippen molar-refractivity contribution in [2.75, 3.05) is 0 Å². The zero-order valence-corrected chi connectivity index (χ0v) is 24.3. The van der Waals surface area contributed by atoms with Gasteiger partial charge < -0.3 is 18.9 Å². The van der Waals surface area contributed by atoms with Crippen molar-refractivity contribution < 1.29 is 28.5 Å². The van der Waals surface area contributed by atoms with Crippen LogP contribution in [-0.4, -0.2) is 12.3 Å². The Bertz CT molecular complexity index is 2250. The van der Waals surface area contributed by atoms with E-state index < -0.39 is 12.3 Å². The first-order chi connectivity index (χ1) is 21.5. The second kappa shape index (κ2) is 11.4. The molecule has 8 heteroatoms. The molecule has 0 amide bonds. The second-order valence-electron chi connectivity index (χ2n) is 9.88. The molecule has 0 saturated carbocycles. The van der Waals surface area contributed by atoms with Gasteiger partial charge in [-0.1, -0.05) is 120 Å². The third-order valence-corrected chi connectivity index (χ3v) is 7.72. The summed E-state index contributed by atoms with van der Waals surface area (Å²) in [5, 5.41) is 5.33. The van der Waals surface area contributed by atoms with E-state index >= 15 is 0 Å². The summed E-state index contributed by atoms with van der Waals surface area (Å²) in [6, 6.07) is 35.9. The van der Waals surface area contributed by atoms with Crippen molar-refractivity contribution in [3.05, 3.63) is 131 Å². The van der Waals surface area contributed by atoms with Crippen LogP contribution in [0.5, 0.6) is 23.0 Å². The summed E-state index contributed by atoms with van der Waals surface area (Å²) in [6.45, 7) is 0. The highest BCUT2D eigenvalue weighted by molar-refractivity contribution is 6.40. The molecule has 0 radical (unpaired) electrons. The van der Waals surface area contributed by atoms with Gasteiger partial charge in [-0.25, -0.2) is 9.59 Å². The highest BCUT2D eigenvalue weighted by Gasteiger charge is 2.24. The fourth-order valence-electron chi connectivity index (χ4n) is 5.32. The Morgan fingerprint density at radius 3 is 1.48 bits per heavy atom. The molecule has 0 bridgehead atoms. The predicted molar refractivity (Wildman–Crippen MR) is 173 cm³/mol. The van der Waals surface area contributed by atoms with Crippen LogP contribution in [-0.2, 0) is 0 Å². The van der Waals surface area contributed by atoms with E-state index in [0.29, 0.717) is 33.0 Å². The number of benzene rings is 7. The zero-order chi connectivity index (χ0) is 30.2. The molecule has 0 saturated heterocycles. The van der Waals surface area contributed by atoms with Gasteiger partial charge in [0.1, 0.15) is 11.5 Å². The lowest BCUT2D eigenvalue weighted by molar-refractivity contribution is 0.151. The molecule has 0 atom stereocenters. The molecule has 214 valence electrons. The Morgan fingerprint density at radius 1 is 0.455 bits per heavy atom. The number of hydrogen-bond donors (Lipinski definition) is 0. The minimum Gasteiger partial charge on any atom is -0.394 e. The van der Waals surface area contributed by atoms with E-state index in [-0.39, 0.29) is 21.5 Å². The van der Waals surface area contributed by atoms with Gasteiger partial charge in [0.15, 0.2) is 11.5 Å². The van der Waals surface area contributed by atoms with E-state index in [1.807, 2.05) is 60.7 Å². The highest BCUT2D eigenvalue weighted by atomic mass is 35.5. The summed E-state index contributed by atoms with van der Waals surface area (Å²) < 4.78 is 23.0. The van der Waals surface area contributed by atoms with Crippen LogP contribution >= 0.6 is 23.2 Å². The van der Waals surface area contributed by atoms with E-state index in [1.165, 1.54) is 6.07 Å². The molecule has 0 aliphatic rings. The van der Waals surface area contributed by atoms with Gasteiger partial charge in [-0.3, -0.25) is 0 Å². The third kappa shape index (κ3) is 5.11. The van der Waals surface area contributed by atoms with Gasteiger partial charge in [0.2, 0.25) is 0 Å². The third-order valence-electron chi connectivity index (χ3n) is 7.20. The number of rotatable bonds is 4. The standard InChI is InChI=1S/C36H20Cl2O6/c37-23-19-28-32(29(38)20-23)34(44-36(40)42-31-18-8-12-22-10-2-4-14-25(22)31)27-16-6-5-15-26(27)33(28)43-35(39)41-30-17-7-11-21-9-1-3-13-24(21)30/h1-20H. The molecule has 0 heterocycles. The Balaban J connectivity index is 1.30. The maximum Gasteiger partial charge on any atom is 0.519 e. The Kier molecular flexibility index (Phi) is 7.14. The van der Waals surface area contributed by atoms with Crippen LogP contribution in [0.4, 0.5) is 9.59 Å². The molecule has 44 heavy (non-hydrogen) atoms. The summed E-state index contributed by atoms with van der Waals surface area (Å²) in [5.74, 6) is 0.943. The van der Waals surface area contributed by atoms with Crippen molar-refractivity contribution in [1.29, 1.82) is 0 Å². The molecule has 0 N–H and O–H groups in total. The summed E-state index contributed by atoms with van der Waals surface area (Å²) >= 11 is 13.1. The zero-order valence-electron chi connectivity index (χ0n) is 22.8. The van der Waals surface area contributed by atoms with Crippen LogP contribution in [0.15, 0.2) is 121 Å². The summed E-state index contributed by atoms with van der Waals surface area (Å²) in [5.41, 5.74) is 0. The second-order valence-corrected chi connectivity index (χ2v) is 10.7. The summed E-state index contributed by atoms with van der Waals surface area (Å²) in [4.78, 5) is 26.5. The van der Waals surface area contributed by atoms with Crippen molar-refractivity contribution in [1.82, 2.24) is 0 Å². The molecule has 6 nitrogen and oxygen atoms in total. The van der Waals surface area contributed by atoms with Crippen LogP contribution in [0, 0.1) is 0 Å². The van der Waals surface area contributed by atoms with Gasteiger partial charge in [-0.15, -0.1) is 0 Å². The van der Waals surface area contributed by atoms with Crippen LogP contribution in [0.25, 0.3) is 43.1 Å². The fourth-order valence-corrected chi connectivity index (χ4v) is 5.89. The van der Waals surface area contributed by atoms with E-state index in [2.05, 4.69) is 0 Å². The Morgan fingerprint density at radius 2 is 0.909 bits per heavy atom. The van der Waals surface area contributed by atoms with Gasteiger partial charge >= 0.3 is 12.3 Å². The maximum absolute atomic E-state index is 13.2. The van der Waals surface area contributed by atoms with Crippen LogP contribution in [0.1, 0.15) is 0 Å². The molecular formula is C36H20Cl2O6. The average Bonchev–Trinajstić information content (AvgIpc) is 3.03. The highest BCUT2D eigenvalue weighted by Crippen LogP contribution is 2.47. The van der Waals surface area contributed by atoms with Gasteiger partial charge in [0, 0.05) is 37.3 Å². The first-order valence-electron chi connectivity index (χ1n) is 13.5. The Hall–Kier alpha value is -5.30. The topological polar surface area (TPSA) is 71.1 Å². The molecule has 0 spiro atoms. The average molecular weight is 619 g/mol. The van der Waals surface area contributed by atoms with Crippen LogP contribution in [0.3, 0.4) is 0 Å². The number of fused-ring (bicyclic) bond motifs is 4. The number of hydrogen-bond acceptors (Lipinski definition) is 6. The number of carbonyl (C=O) groups is 2. The molecule has 0 fully saturated rings. The van der Waals surface area contributed by atoms with Gasteiger partial charge in [-0.2, -0.15) is 0 Å². The van der Waals surface area contributed by atoms with Crippen molar-refractivity contribution in [2.24, 2.45) is 0 Å². The molecule has 0 aliphatic heterocycles. The number of ether oxygens (including phenoxy) is 4. The van der Waals surface area contributed by atoms with E-state index in [1.54, 1.807) is 54.6 Å². The van der Waals surface area contributed by atoms with Crippen LogP contribution < -0.4 is 18.9 Å². The molecule has 0 aromatic heterocycles. The molecular weight excluding hydrogens is 599 g/mol. The first kappa shape index (κ1) is 27.5. The fraction of sp³-hybridized carbons (Fsp3) is 0. The SMILES string of the molecule is O=C(Oc1cccc2ccccc12)Oc1c2ccccc2c(OC(=O)Oc2cccc3ccccc23)c2c(Cl)cc(Cl)cc12. The largest absolute Gasteiger partial charge is 0.519 e. The van der Waals surface area contributed by atoms with E-state index in [9.17, 15) is 9.59 Å². The molecule has 7 aromatic rings. The van der Waals surface area contributed by atoms with Gasteiger partial charge in [0.25, 0.3) is 0 Å². The maximum atomic E-state index is 13.2. The van der Waals surface area contributed by atoms with Crippen molar-refractivity contribution in [3.8, 4) is 23.0 Å². The normalized spacial score (nSPS) is 11.1. The van der Waals surface area contributed by atoms with Gasteiger partial charge in [0.05, 0.1) is 5.02 Å². The van der Waals surface area contributed by atoms with Crippen molar-refractivity contribution >= 4 is 78.6 Å². The molecule has 7 aromatic carbocycles. The summed E-state index contributed by atoms with van der Waals surface area (Å²) in [6.07, 6.45) is -1.93. The first-order valence-corrected chi connectivity index (χ1v) is 14.3. The molecule has 0 aliphatic carbocycles. The lowest BCUT2D eigenvalue weighted by Crippen LogP contribution is -2.16. The van der Waals surface area contributed by atoms with E-state index in [4.69, 9.17) is 42.1 Å².